The smallest absolute Gasteiger partial charge is 0.267 e. The van der Waals surface area contributed by atoms with Crippen LogP contribution in [0.3, 0.4) is 0 Å². The van der Waals surface area contributed by atoms with Gasteiger partial charge in [-0.2, -0.15) is 16.9 Å². The Hall–Kier alpha value is -1.89. The highest BCUT2D eigenvalue weighted by molar-refractivity contribution is 7.98. The highest BCUT2D eigenvalue weighted by atomic mass is 32.2. The molecule has 1 fully saturated rings. The largest absolute Gasteiger partial charge is 0.352 e. The number of rotatable bonds is 4. The van der Waals surface area contributed by atoms with E-state index < -0.39 is 0 Å². The van der Waals surface area contributed by atoms with E-state index in [0.717, 1.165) is 60.2 Å². The second-order valence-electron chi connectivity index (χ2n) is 7.36. The second-order valence-corrected chi connectivity index (χ2v) is 8.46. The van der Waals surface area contributed by atoms with E-state index in [1.165, 1.54) is 0 Å². The summed E-state index contributed by atoms with van der Waals surface area (Å²) < 4.78 is 1.67. The third kappa shape index (κ3) is 3.49. The number of nitrogens with zero attached hydrogens (tertiary/aromatic N) is 5. The number of aromatic nitrogens is 4. The first-order chi connectivity index (χ1) is 12.6. The standard InChI is InChI=1S/C19H25N5OS/c1-13(2)19-20-7-5-17(21-19)23-8-3-4-15(23)11-24-18(25)10-14-12-26-9-6-16(14)22-24/h5,7,10,13,15H,3-4,6,8-9,11-12H2,1-2H3. The molecule has 4 rings (SSSR count). The molecule has 0 amide bonds. The highest BCUT2D eigenvalue weighted by Crippen LogP contribution is 2.26. The van der Waals surface area contributed by atoms with Crippen molar-refractivity contribution < 1.29 is 0 Å². The average Bonchev–Trinajstić information content (AvgIpc) is 3.10. The van der Waals surface area contributed by atoms with E-state index in [-0.39, 0.29) is 11.6 Å². The minimum absolute atomic E-state index is 0.0173. The molecule has 0 N–H and O–H groups in total. The molecular formula is C19H25N5OS. The lowest BCUT2D eigenvalue weighted by molar-refractivity contribution is 0.479. The fourth-order valence-electron chi connectivity index (χ4n) is 3.71. The van der Waals surface area contributed by atoms with Gasteiger partial charge in [-0.05, 0) is 30.2 Å². The van der Waals surface area contributed by atoms with Gasteiger partial charge in [-0.15, -0.1) is 0 Å². The molecule has 6 nitrogen and oxygen atoms in total. The summed E-state index contributed by atoms with van der Waals surface area (Å²) in [6.07, 6.45) is 4.97. The molecule has 4 heterocycles. The van der Waals surface area contributed by atoms with Crippen molar-refractivity contribution in [2.24, 2.45) is 0 Å². The molecule has 1 atom stereocenters. The van der Waals surface area contributed by atoms with Crippen molar-refractivity contribution in [2.45, 2.75) is 57.4 Å². The van der Waals surface area contributed by atoms with Crippen LogP contribution in [0.1, 0.15) is 49.7 Å². The van der Waals surface area contributed by atoms with E-state index >= 15 is 0 Å². The maximum atomic E-state index is 12.5. The summed E-state index contributed by atoms with van der Waals surface area (Å²) in [5.74, 6) is 4.14. The predicted octanol–water partition coefficient (Wildman–Crippen LogP) is 2.62. The van der Waals surface area contributed by atoms with Crippen LogP contribution in [0.2, 0.25) is 0 Å². The van der Waals surface area contributed by atoms with Crippen LogP contribution in [-0.4, -0.2) is 38.1 Å². The first-order valence-corrected chi connectivity index (χ1v) is 10.5. The Labute approximate surface area is 158 Å². The van der Waals surface area contributed by atoms with Crippen LogP contribution in [0.5, 0.6) is 0 Å². The first-order valence-electron chi connectivity index (χ1n) is 9.39. The Morgan fingerprint density at radius 3 is 3.12 bits per heavy atom. The molecule has 0 aliphatic carbocycles. The molecule has 2 aromatic rings. The fraction of sp³-hybridized carbons (Fsp3) is 0.579. The van der Waals surface area contributed by atoms with E-state index in [1.54, 1.807) is 10.7 Å². The van der Waals surface area contributed by atoms with Gasteiger partial charge in [-0.1, -0.05) is 13.8 Å². The summed E-state index contributed by atoms with van der Waals surface area (Å²) in [7, 11) is 0. The third-order valence-electron chi connectivity index (χ3n) is 5.14. The van der Waals surface area contributed by atoms with Gasteiger partial charge in [0.2, 0.25) is 0 Å². The van der Waals surface area contributed by atoms with E-state index in [4.69, 9.17) is 4.98 Å². The van der Waals surface area contributed by atoms with Gasteiger partial charge in [0.1, 0.15) is 11.6 Å². The van der Waals surface area contributed by atoms with E-state index in [0.29, 0.717) is 12.5 Å². The van der Waals surface area contributed by atoms with Gasteiger partial charge in [0.05, 0.1) is 18.3 Å². The summed E-state index contributed by atoms with van der Waals surface area (Å²) in [6, 6.07) is 4.02. The van der Waals surface area contributed by atoms with Crippen LogP contribution in [0.25, 0.3) is 0 Å². The van der Waals surface area contributed by atoms with Gasteiger partial charge in [0.15, 0.2) is 0 Å². The Morgan fingerprint density at radius 1 is 1.38 bits per heavy atom. The van der Waals surface area contributed by atoms with Crippen LogP contribution in [0, 0.1) is 0 Å². The van der Waals surface area contributed by atoms with E-state index in [9.17, 15) is 4.79 Å². The van der Waals surface area contributed by atoms with Crippen molar-refractivity contribution >= 4 is 17.6 Å². The molecule has 7 heteroatoms. The number of hydrogen-bond donors (Lipinski definition) is 0. The van der Waals surface area contributed by atoms with Crippen molar-refractivity contribution in [3.8, 4) is 0 Å². The van der Waals surface area contributed by atoms with E-state index in [2.05, 4.69) is 28.8 Å². The first kappa shape index (κ1) is 17.5. The molecule has 1 saturated heterocycles. The maximum Gasteiger partial charge on any atom is 0.267 e. The Bertz CT molecular complexity index is 850. The zero-order valence-electron chi connectivity index (χ0n) is 15.4. The normalized spacial score (nSPS) is 19.8. The van der Waals surface area contributed by atoms with Gasteiger partial charge in [-0.3, -0.25) is 4.79 Å². The maximum absolute atomic E-state index is 12.5. The van der Waals surface area contributed by atoms with Gasteiger partial charge < -0.3 is 4.90 Å². The fourth-order valence-corrected chi connectivity index (χ4v) is 4.66. The molecule has 0 aromatic carbocycles. The molecular weight excluding hydrogens is 346 g/mol. The zero-order valence-corrected chi connectivity index (χ0v) is 16.2. The minimum atomic E-state index is 0.0173. The summed E-state index contributed by atoms with van der Waals surface area (Å²) in [6.45, 7) is 5.81. The number of thioether (sulfide) groups is 1. The van der Waals surface area contributed by atoms with Crippen molar-refractivity contribution in [1.29, 1.82) is 0 Å². The van der Waals surface area contributed by atoms with Crippen LogP contribution >= 0.6 is 11.8 Å². The summed E-state index contributed by atoms with van der Waals surface area (Å²) in [5, 5.41) is 4.68. The molecule has 26 heavy (non-hydrogen) atoms. The highest BCUT2D eigenvalue weighted by Gasteiger charge is 2.27. The molecule has 0 bridgehead atoms. The lowest BCUT2D eigenvalue weighted by Crippen LogP contribution is -2.38. The quantitative estimate of drug-likeness (QED) is 0.823. The van der Waals surface area contributed by atoms with Crippen molar-refractivity contribution in [3.63, 3.8) is 0 Å². The number of aryl methyl sites for hydroxylation is 1. The number of fused-ring (bicyclic) bond motifs is 1. The van der Waals surface area contributed by atoms with Gasteiger partial charge >= 0.3 is 0 Å². The van der Waals surface area contributed by atoms with E-state index in [1.807, 2.05) is 24.0 Å². The van der Waals surface area contributed by atoms with Crippen LogP contribution in [0.15, 0.2) is 23.1 Å². The van der Waals surface area contributed by atoms with Gasteiger partial charge in [0.25, 0.3) is 5.56 Å². The zero-order chi connectivity index (χ0) is 18.1. The molecule has 0 radical (unpaired) electrons. The molecule has 2 aromatic heterocycles. The monoisotopic (exact) mass is 371 g/mol. The Morgan fingerprint density at radius 2 is 2.27 bits per heavy atom. The Kier molecular flexibility index (Phi) is 4.98. The van der Waals surface area contributed by atoms with Crippen LogP contribution in [-0.2, 0) is 18.7 Å². The molecule has 2 aliphatic heterocycles. The van der Waals surface area contributed by atoms with Gasteiger partial charge in [-0.25, -0.2) is 14.6 Å². The third-order valence-corrected chi connectivity index (χ3v) is 6.14. The SMILES string of the molecule is CC(C)c1nccc(N2CCCC2Cn2nc3c(cc2=O)CSCC3)n1. The van der Waals surface area contributed by atoms with Gasteiger partial charge in [0, 0.05) is 36.9 Å². The van der Waals surface area contributed by atoms with Crippen LogP contribution < -0.4 is 10.5 Å². The Balaban J connectivity index is 1.58. The summed E-state index contributed by atoms with van der Waals surface area (Å²) >= 11 is 1.88. The molecule has 2 aliphatic rings. The number of anilines is 1. The van der Waals surface area contributed by atoms with Crippen molar-refractivity contribution in [1.82, 2.24) is 19.7 Å². The molecule has 0 saturated carbocycles. The lowest BCUT2D eigenvalue weighted by Gasteiger charge is -2.27. The minimum Gasteiger partial charge on any atom is -0.352 e. The van der Waals surface area contributed by atoms with Crippen LogP contribution in [0.4, 0.5) is 5.82 Å². The second kappa shape index (κ2) is 7.39. The lowest BCUT2D eigenvalue weighted by atomic mass is 10.2. The predicted molar refractivity (Wildman–Crippen MR) is 105 cm³/mol. The number of hydrogen-bond acceptors (Lipinski definition) is 6. The molecule has 0 spiro atoms. The summed E-state index contributed by atoms with van der Waals surface area (Å²) in [4.78, 5) is 23.9. The average molecular weight is 372 g/mol. The van der Waals surface area contributed by atoms with Crippen molar-refractivity contribution in [2.75, 3.05) is 17.2 Å². The topological polar surface area (TPSA) is 63.9 Å². The van der Waals surface area contributed by atoms with Crippen molar-refractivity contribution in [3.05, 3.63) is 45.8 Å². The summed E-state index contributed by atoms with van der Waals surface area (Å²) in [5.41, 5.74) is 2.23. The molecule has 1 unspecified atom stereocenters. The molecule has 138 valence electrons.